The van der Waals surface area contributed by atoms with E-state index in [-0.39, 0.29) is 11.6 Å². The highest BCUT2D eigenvalue weighted by Gasteiger charge is 2.20. The molecule has 0 radical (unpaired) electrons. The van der Waals surface area contributed by atoms with Crippen LogP contribution in [0.2, 0.25) is 0 Å². The molecule has 0 amide bonds. The summed E-state index contributed by atoms with van der Waals surface area (Å²) in [5.74, 6) is -0.476. The SMILES string of the molecule is Cc1cc(F)ccc1-c1ccc(CNC2CC2)c(F)c1. The Bertz CT molecular complexity index is 633. The molecule has 0 bridgehead atoms. The molecular formula is C17H17F2N. The van der Waals surface area contributed by atoms with Crippen LogP contribution in [0.25, 0.3) is 11.1 Å². The van der Waals surface area contributed by atoms with Crippen molar-refractivity contribution in [2.24, 2.45) is 0 Å². The lowest BCUT2D eigenvalue weighted by Crippen LogP contribution is -2.16. The van der Waals surface area contributed by atoms with Gasteiger partial charge in [-0.2, -0.15) is 0 Å². The van der Waals surface area contributed by atoms with Crippen LogP contribution in [-0.4, -0.2) is 6.04 Å². The molecule has 0 aromatic heterocycles. The van der Waals surface area contributed by atoms with E-state index < -0.39 is 0 Å². The van der Waals surface area contributed by atoms with Crippen LogP contribution >= 0.6 is 0 Å². The van der Waals surface area contributed by atoms with Crippen molar-refractivity contribution in [3.05, 3.63) is 59.2 Å². The van der Waals surface area contributed by atoms with Gasteiger partial charge in [-0.25, -0.2) is 8.78 Å². The Hall–Kier alpha value is -1.74. The van der Waals surface area contributed by atoms with Gasteiger partial charge < -0.3 is 5.32 Å². The largest absolute Gasteiger partial charge is 0.310 e. The molecular weight excluding hydrogens is 256 g/mol. The molecule has 1 nitrogen and oxygen atoms in total. The number of halogens is 2. The van der Waals surface area contributed by atoms with Crippen molar-refractivity contribution in [3.8, 4) is 11.1 Å². The van der Waals surface area contributed by atoms with Gasteiger partial charge in [0, 0.05) is 18.2 Å². The smallest absolute Gasteiger partial charge is 0.128 e. The molecule has 1 saturated carbocycles. The number of hydrogen-bond donors (Lipinski definition) is 1. The maximum absolute atomic E-state index is 14.1. The Labute approximate surface area is 117 Å². The zero-order valence-corrected chi connectivity index (χ0v) is 11.4. The molecule has 0 atom stereocenters. The van der Waals surface area contributed by atoms with Gasteiger partial charge in [0.1, 0.15) is 11.6 Å². The van der Waals surface area contributed by atoms with Gasteiger partial charge in [-0.05, 0) is 54.7 Å². The average molecular weight is 273 g/mol. The van der Waals surface area contributed by atoms with E-state index in [1.165, 1.54) is 31.0 Å². The monoisotopic (exact) mass is 273 g/mol. The second-order valence-corrected chi connectivity index (χ2v) is 5.42. The van der Waals surface area contributed by atoms with Crippen molar-refractivity contribution in [2.75, 3.05) is 0 Å². The van der Waals surface area contributed by atoms with Crippen molar-refractivity contribution in [1.82, 2.24) is 5.32 Å². The summed E-state index contributed by atoms with van der Waals surface area (Å²) in [5, 5.41) is 3.30. The molecule has 2 aromatic carbocycles. The Balaban J connectivity index is 1.84. The minimum absolute atomic E-state index is 0.209. The third-order valence-corrected chi connectivity index (χ3v) is 3.71. The highest BCUT2D eigenvalue weighted by atomic mass is 19.1. The molecule has 0 aliphatic heterocycles. The van der Waals surface area contributed by atoms with Crippen LogP contribution in [-0.2, 0) is 6.54 Å². The van der Waals surface area contributed by atoms with E-state index in [1.54, 1.807) is 6.07 Å². The zero-order chi connectivity index (χ0) is 14.1. The molecule has 1 fully saturated rings. The van der Waals surface area contributed by atoms with Gasteiger partial charge >= 0.3 is 0 Å². The Kier molecular flexibility index (Phi) is 3.53. The van der Waals surface area contributed by atoms with Crippen LogP contribution in [0.1, 0.15) is 24.0 Å². The summed E-state index contributed by atoms with van der Waals surface area (Å²) in [6.45, 7) is 2.40. The van der Waals surface area contributed by atoms with Crippen molar-refractivity contribution in [3.63, 3.8) is 0 Å². The molecule has 3 rings (SSSR count). The van der Waals surface area contributed by atoms with E-state index >= 15 is 0 Å². The van der Waals surface area contributed by atoms with Crippen molar-refractivity contribution >= 4 is 0 Å². The Morgan fingerprint density at radius 3 is 2.55 bits per heavy atom. The van der Waals surface area contributed by atoms with Crippen molar-refractivity contribution < 1.29 is 8.78 Å². The van der Waals surface area contributed by atoms with E-state index in [0.717, 1.165) is 16.7 Å². The lowest BCUT2D eigenvalue weighted by atomic mass is 9.99. The molecule has 0 saturated heterocycles. The normalized spacial score (nSPS) is 14.6. The first-order chi connectivity index (χ1) is 9.63. The van der Waals surface area contributed by atoms with Crippen LogP contribution in [0.15, 0.2) is 36.4 Å². The molecule has 2 aromatic rings. The van der Waals surface area contributed by atoms with Crippen molar-refractivity contribution in [2.45, 2.75) is 32.4 Å². The third-order valence-electron chi connectivity index (χ3n) is 3.71. The molecule has 20 heavy (non-hydrogen) atoms. The van der Waals surface area contributed by atoms with E-state index in [9.17, 15) is 8.78 Å². The number of hydrogen-bond acceptors (Lipinski definition) is 1. The maximum Gasteiger partial charge on any atom is 0.128 e. The molecule has 0 unspecified atom stereocenters. The minimum Gasteiger partial charge on any atom is -0.310 e. The van der Waals surface area contributed by atoms with Crippen LogP contribution < -0.4 is 5.32 Å². The summed E-state index contributed by atoms with van der Waals surface area (Å²) in [7, 11) is 0. The quantitative estimate of drug-likeness (QED) is 0.880. The molecule has 1 aliphatic rings. The summed E-state index contributed by atoms with van der Waals surface area (Å²) >= 11 is 0. The van der Waals surface area contributed by atoms with Crippen LogP contribution in [0, 0.1) is 18.6 Å². The molecule has 104 valence electrons. The summed E-state index contributed by atoms with van der Waals surface area (Å²) < 4.78 is 27.2. The summed E-state index contributed by atoms with van der Waals surface area (Å²) in [4.78, 5) is 0. The second kappa shape index (κ2) is 5.33. The number of benzene rings is 2. The Morgan fingerprint density at radius 1 is 1.10 bits per heavy atom. The first-order valence-electron chi connectivity index (χ1n) is 6.92. The van der Waals surface area contributed by atoms with Crippen molar-refractivity contribution in [1.29, 1.82) is 0 Å². The van der Waals surface area contributed by atoms with E-state index in [0.29, 0.717) is 18.2 Å². The van der Waals surface area contributed by atoms with Crippen LogP contribution in [0.3, 0.4) is 0 Å². The van der Waals surface area contributed by atoms with Gasteiger partial charge in [-0.15, -0.1) is 0 Å². The summed E-state index contributed by atoms with van der Waals surface area (Å²) in [6.07, 6.45) is 2.38. The lowest BCUT2D eigenvalue weighted by Gasteiger charge is -2.09. The second-order valence-electron chi connectivity index (χ2n) is 5.42. The minimum atomic E-state index is -0.267. The average Bonchev–Trinajstić information content (AvgIpc) is 3.21. The first-order valence-corrected chi connectivity index (χ1v) is 6.92. The molecule has 1 N–H and O–H groups in total. The van der Waals surface area contributed by atoms with Gasteiger partial charge in [-0.1, -0.05) is 18.2 Å². The topological polar surface area (TPSA) is 12.0 Å². The highest BCUT2D eigenvalue weighted by Crippen LogP contribution is 2.26. The van der Waals surface area contributed by atoms with Crippen LogP contribution in [0.4, 0.5) is 8.78 Å². The lowest BCUT2D eigenvalue weighted by molar-refractivity contribution is 0.587. The van der Waals surface area contributed by atoms with Gasteiger partial charge in [0.2, 0.25) is 0 Å². The molecule has 0 spiro atoms. The summed E-state index contributed by atoms with van der Waals surface area (Å²) in [6, 6.07) is 10.4. The maximum atomic E-state index is 14.1. The highest BCUT2D eigenvalue weighted by molar-refractivity contribution is 5.67. The standard InChI is InChI=1S/C17H17F2N/c1-11-8-14(18)4-7-16(11)12-2-3-13(17(19)9-12)10-20-15-5-6-15/h2-4,7-9,15,20H,5-6,10H2,1H3. The number of rotatable bonds is 4. The number of nitrogens with one attached hydrogen (secondary N) is 1. The zero-order valence-electron chi connectivity index (χ0n) is 11.4. The predicted molar refractivity (Wildman–Crippen MR) is 76.4 cm³/mol. The predicted octanol–water partition coefficient (Wildman–Crippen LogP) is 4.19. The van der Waals surface area contributed by atoms with E-state index in [2.05, 4.69) is 5.32 Å². The van der Waals surface area contributed by atoms with Gasteiger partial charge in [0.05, 0.1) is 0 Å². The fourth-order valence-electron chi connectivity index (χ4n) is 2.35. The molecule has 0 heterocycles. The molecule has 1 aliphatic carbocycles. The van der Waals surface area contributed by atoms with Crippen LogP contribution in [0.5, 0.6) is 0 Å². The fourth-order valence-corrected chi connectivity index (χ4v) is 2.35. The van der Waals surface area contributed by atoms with Gasteiger partial charge in [0.15, 0.2) is 0 Å². The van der Waals surface area contributed by atoms with Gasteiger partial charge in [0.25, 0.3) is 0 Å². The molecule has 3 heteroatoms. The third kappa shape index (κ3) is 2.88. The number of aryl methyl sites for hydroxylation is 1. The van der Waals surface area contributed by atoms with E-state index in [4.69, 9.17) is 0 Å². The first kappa shape index (κ1) is 13.3. The summed E-state index contributed by atoms with van der Waals surface area (Å²) in [5.41, 5.74) is 3.15. The van der Waals surface area contributed by atoms with E-state index in [1.807, 2.05) is 19.1 Å². The van der Waals surface area contributed by atoms with Gasteiger partial charge in [-0.3, -0.25) is 0 Å². The Morgan fingerprint density at radius 2 is 1.90 bits per heavy atom. The fraction of sp³-hybridized carbons (Fsp3) is 0.294.